The van der Waals surface area contributed by atoms with Crippen molar-refractivity contribution in [1.29, 1.82) is 0 Å². The molecule has 1 heterocycles. The van der Waals surface area contributed by atoms with E-state index in [1.54, 1.807) is 6.07 Å². The van der Waals surface area contributed by atoms with E-state index in [-0.39, 0.29) is 11.7 Å². The minimum atomic E-state index is -0.180. The third-order valence-electron chi connectivity index (χ3n) is 5.97. The summed E-state index contributed by atoms with van der Waals surface area (Å²) >= 11 is 0. The molecule has 0 atom stereocenters. The van der Waals surface area contributed by atoms with Gasteiger partial charge in [0.25, 0.3) is 5.91 Å². The van der Waals surface area contributed by atoms with Gasteiger partial charge in [-0.25, -0.2) is 9.38 Å². The summed E-state index contributed by atoms with van der Waals surface area (Å²) in [6.07, 6.45) is 0. The van der Waals surface area contributed by atoms with Gasteiger partial charge in [-0.1, -0.05) is 42.0 Å². The van der Waals surface area contributed by atoms with Crippen molar-refractivity contribution in [3.05, 3.63) is 100 Å². The van der Waals surface area contributed by atoms with Crippen LogP contribution in [0.2, 0.25) is 0 Å². The van der Waals surface area contributed by atoms with E-state index in [1.807, 2.05) is 69.3 Å². The van der Waals surface area contributed by atoms with Crippen LogP contribution in [-0.4, -0.2) is 47.8 Å². The quantitative estimate of drug-likeness (QED) is 0.443. The number of halogens is 1. The first-order chi connectivity index (χ1) is 16.4. The summed E-state index contributed by atoms with van der Waals surface area (Å²) < 4.78 is 14.1. The lowest BCUT2D eigenvalue weighted by molar-refractivity contribution is 0.0967. The number of aliphatic imine (C=N–C) groups is 1. The van der Waals surface area contributed by atoms with Crippen molar-refractivity contribution >= 4 is 17.6 Å². The van der Waals surface area contributed by atoms with E-state index < -0.39 is 0 Å². The fourth-order valence-corrected chi connectivity index (χ4v) is 4.26. The predicted octanol–water partition coefficient (Wildman–Crippen LogP) is 4.99. The first-order valence-electron chi connectivity index (χ1n) is 11.6. The van der Waals surface area contributed by atoms with Gasteiger partial charge < -0.3 is 4.90 Å². The molecule has 176 valence electrons. The lowest BCUT2D eigenvalue weighted by Gasteiger charge is -2.36. The molecule has 34 heavy (non-hydrogen) atoms. The molecule has 0 spiro atoms. The third kappa shape index (κ3) is 6.08. The Bertz CT molecular complexity index is 1180. The van der Waals surface area contributed by atoms with Crippen LogP contribution in [0.1, 0.15) is 32.6 Å². The van der Waals surface area contributed by atoms with Crippen LogP contribution in [0.15, 0.2) is 71.7 Å². The number of piperazine rings is 1. The zero-order chi connectivity index (χ0) is 24.1. The van der Waals surface area contributed by atoms with Crippen molar-refractivity contribution in [2.24, 2.45) is 4.99 Å². The van der Waals surface area contributed by atoms with Gasteiger partial charge >= 0.3 is 0 Å². The van der Waals surface area contributed by atoms with Gasteiger partial charge in [0.2, 0.25) is 5.96 Å². The Hall–Kier alpha value is -3.51. The summed E-state index contributed by atoms with van der Waals surface area (Å²) in [5.41, 5.74) is 5.39. The summed E-state index contributed by atoms with van der Waals surface area (Å²) in [5.74, 6) is 0.190. The number of nitrogens with one attached hydrogen (secondary N) is 1. The van der Waals surface area contributed by atoms with Gasteiger partial charge in [0.1, 0.15) is 5.82 Å². The number of hydrogen-bond acceptors (Lipinski definition) is 3. The van der Waals surface area contributed by atoms with E-state index in [2.05, 4.69) is 21.2 Å². The summed E-state index contributed by atoms with van der Waals surface area (Å²) in [7, 11) is 0. The molecule has 4 rings (SSSR count). The van der Waals surface area contributed by atoms with Crippen LogP contribution in [0.4, 0.5) is 10.1 Å². The Balaban J connectivity index is 1.53. The van der Waals surface area contributed by atoms with Gasteiger partial charge in [0.15, 0.2) is 0 Å². The predicted molar refractivity (Wildman–Crippen MR) is 135 cm³/mol. The van der Waals surface area contributed by atoms with Crippen molar-refractivity contribution in [1.82, 2.24) is 15.1 Å². The Morgan fingerprint density at radius 1 is 0.882 bits per heavy atom. The van der Waals surface area contributed by atoms with E-state index >= 15 is 0 Å². The average molecular weight is 459 g/mol. The largest absolute Gasteiger partial charge is 0.340 e. The van der Waals surface area contributed by atoms with E-state index in [9.17, 15) is 9.18 Å². The molecule has 0 aliphatic carbocycles. The van der Waals surface area contributed by atoms with Crippen LogP contribution in [0, 0.1) is 26.6 Å². The Labute approximate surface area is 200 Å². The molecular weight excluding hydrogens is 427 g/mol. The summed E-state index contributed by atoms with van der Waals surface area (Å²) in [4.78, 5) is 22.2. The first-order valence-corrected chi connectivity index (χ1v) is 11.6. The maximum absolute atomic E-state index is 14.1. The molecule has 1 aliphatic heterocycles. The van der Waals surface area contributed by atoms with E-state index in [0.717, 1.165) is 35.5 Å². The Morgan fingerprint density at radius 2 is 1.59 bits per heavy atom. The van der Waals surface area contributed by atoms with Gasteiger partial charge in [-0.15, -0.1) is 0 Å². The fraction of sp³-hybridized carbons (Fsp3) is 0.286. The van der Waals surface area contributed by atoms with E-state index in [1.165, 1.54) is 6.07 Å². The molecule has 0 saturated carbocycles. The molecule has 1 fully saturated rings. The van der Waals surface area contributed by atoms with Crippen molar-refractivity contribution < 1.29 is 9.18 Å². The normalized spacial score (nSPS) is 14.8. The zero-order valence-electron chi connectivity index (χ0n) is 20.0. The van der Waals surface area contributed by atoms with Gasteiger partial charge in [-0.3, -0.25) is 15.0 Å². The summed E-state index contributed by atoms with van der Waals surface area (Å²) in [5, 5.41) is 3.05. The minimum absolute atomic E-state index is 0.174. The SMILES string of the molecule is Cc1cc(C)cc(N=C(NC(=O)c2cccc(C)c2)N2CCN(Cc3ccccc3F)CC2)c1. The lowest BCUT2D eigenvalue weighted by atomic mass is 10.1. The van der Waals surface area contributed by atoms with Gasteiger partial charge in [-0.2, -0.15) is 0 Å². The molecule has 6 heteroatoms. The van der Waals surface area contributed by atoms with Crippen molar-refractivity contribution in [2.75, 3.05) is 26.2 Å². The molecule has 3 aromatic rings. The minimum Gasteiger partial charge on any atom is -0.340 e. The number of guanidine groups is 1. The highest BCUT2D eigenvalue weighted by molar-refractivity contribution is 6.06. The highest BCUT2D eigenvalue weighted by Crippen LogP contribution is 2.19. The van der Waals surface area contributed by atoms with Crippen LogP contribution in [-0.2, 0) is 6.54 Å². The Morgan fingerprint density at radius 3 is 2.26 bits per heavy atom. The lowest BCUT2D eigenvalue weighted by Crippen LogP contribution is -2.53. The molecule has 0 unspecified atom stereocenters. The van der Waals surface area contributed by atoms with Gasteiger partial charge in [0, 0.05) is 43.9 Å². The smallest absolute Gasteiger partial charge is 0.257 e. The van der Waals surface area contributed by atoms with Crippen molar-refractivity contribution in [2.45, 2.75) is 27.3 Å². The maximum Gasteiger partial charge on any atom is 0.257 e. The summed E-state index contributed by atoms with van der Waals surface area (Å²) in [6, 6.07) is 20.6. The molecule has 1 N–H and O–H groups in total. The highest BCUT2D eigenvalue weighted by atomic mass is 19.1. The van der Waals surface area contributed by atoms with Crippen LogP contribution in [0.5, 0.6) is 0 Å². The number of rotatable bonds is 4. The van der Waals surface area contributed by atoms with Crippen LogP contribution in [0.25, 0.3) is 0 Å². The van der Waals surface area contributed by atoms with Crippen molar-refractivity contribution in [3.63, 3.8) is 0 Å². The van der Waals surface area contributed by atoms with E-state index in [0.29, 0.717) is 36.7 Å². The van der Waals surface area contributed by atoms with Gasteiger partial charge in [0.05, 0.1) is 5.69 Å². The average Bonchev–Trinajstić information content (AvgIpc) is 2.80. The monoisotopic (exact) mass is 458 g/mol. The molecule has 1 aliphatic rings. The molecule has 1 amide bonds. The first kappa shape index (κ1) is 23.6. The Kier molecular flexibility index (Phi) is 7.38. The molecular formula is C28H31FN4O. The highest BCUT2D eigenvalue weighted by Gasteiger charge is 2.22. The summed E-state index contributed by atoms with van der Waals surface area (Å²) in [6.45, 7) is 9.49. The second-order valence-electron chi connectivity index (χ2n) is 8.96. The number of carbonyl (C=O) groups excluding carboxylic acids is 1. The van der Waals surface area contributed by atoms with Crippen LogP contribution < -0.4 is 5.32 Å². The van der Waals surface area contributed by atoms with Crippen molar-refractivity contribution in [3.8, 4) is 0 Å². The molecule has 1 saturated heterocycles. The topological polar surface area (TPSA) is 47.9 Å². The molecule has 5 nitrogen and oxygen atoms in total. The maximum atomic E-state index is 14.1. The number of carbonyl (C=O) groups is 1. The fourth-order valence-electron chi connectivity index (χ4n) is 4.26. The molecule has 0 aromatic heterocycles. The second kappa shape index (κ2) is 10.6. The molecule has 3 aromatic carbocycles. The number of nitrogens with zero attached hydrogens (tertiary/aromatic N) is 3. The van der Waals surface area contributed by atoms with Gasteiger partial charge in [-0.05, 0) is 62.2 Å². The zero-order valence-corrected chi connectivity index (χ0v) is 20.0. The second-order valence-corrected chi connectivity index (χ2v) is 8.96. The number of hydrogen-bond donors (Lipinski definition) is 1. The third-order valence-corrected chi connectivity index (χ3v) is 5.97. The standard InChI is InChI=1S/C28H31FN4O/c1-20-7-6-9-23(16-20)27(34)31-28(30-25-17-21(2)15-22(3)18-25)33-13-11-32(12-14-33)19-24-8-4-5-10-26(24)29/h4-10,15-18H,11-14,19H2,1-3H3,(H,30,31,34). The van der Waals surface area contributed by atoms with E-state index in [4.69, 9.17) is 4.99 Å². The van der Waals surface area contributed by atoms with Crippen LogP contribution >= 0.6 is 0 Å². The molecule has 0 bridgehead atoms. The number of benzene rings is 3. The number of amides is 1. The molecule has 0 radical (unpaired) electrons. The van der Waals surface area contributed by atoms with Crippen LogP contribution in [0.3, 0.4) is 0 Å². The number of aryl methyl sites for hydroxylation is 3.